The molecule has 2 aliphatic heterocycles. The topological polar surface area (TPSA) is 106 Å². The predicted molar refractivity (Wildman–Crippen MR) is 128 cm³/mol. The Balaban J connectivity index is 1.73. The second-order valence-electron chi connectivity index (χ2n) is 8.85. The van der Waals surface area contributed by atoms with Crippen LogP contribution in [0.5, 0.6) is 17.2 Å². The van der Waals surface area contributed by atoms with Crippen LogP contribution < -0.4 is 30.0 Å². The first kappa shape index (κ1) is 22.3. The number of anilines is 2. The largest absolute Gasteiger partial charge is 0.493 e. The fourth-order valence-corrected chi connectivity index (χ4v) is 5.37. The Hall–Kier alpha value is -3.49. The van der Waals surface area contributed by atoms with Crippen LogP contribution in [0.4, 0.5) is 11.8 Å². The normalized spacial score (nSPS) is 19.8. The fraction of sp³-hybridized carbons (Fsp3) is 0.480. The Kier molecular flexibility index (Phi) is 5.93. The van der Waals surface area contributed by atoms with Crippen molar-refractivity contribution in [1.29, 1.82) is 0 Å². The molecule has 1 aromatic heterocycles. The Bertz CT molecular complexity index is 1210. The average Bonchev–Trinajstić information content (AvgIpc) is 2.87. The van der Waals surface area contributed by atoms with Crippen molar-refractivity contribution in [2.24, 2.45) is 0 Å². The van der Waals surface area contributed by atoms with Crippen LogP contribution in [0, 0.1) is 0 Å². The molecule has 1 fully saturated rings. The van der Waals surface area contributed by atoms with E-state index in [0.717, 1.165) is 44.5 Å². The molecule has 34 heavy (non-hydrogen) atoms. The van der Waals surface area contributed by atoms with Crippen LogP contribution in [0.1, 0.15) is 55.6 Å². The number of Topliss-reactive ketones (excluding diaryl/α,β-unsaturated/α-hetero) is 1. The summed E-state index contributed by atoms with van der Waals surface area (Å²) < 4.78 is 16.8. The minimum atomic E-state index is -0.625. The monoisotopic (exact) mass is 466 g/mol. The lowest BCUT2D eigenvalue weighted by Crippen LogP contribution is -2.36. The molecule has 2 N–H and O–H groups in total. The summed E-state index contributed by atoms with van der Waals surface area (Å²) in [4.78, 5) is 36.7. The van der Waals surface area contributed by atoms with E-state index in [0.29, 0.717) is 52.1 Å². The number of benzene rings is 1. The van der Waals surface area contributed by atoms with Crippen LogP contribution in [0.3, 0.4) is 0 Å². The van der Waals surface area contributed by atoms with Crippen molar-refractivity contribution in [3.05, 3.63) is 44.9 Å². The molecule has 2 aromatic rings. The van der Waals surface area contributed by atoms with E-state index in [1.807, 2.05) is 6.07 Å². The number of allylic oxidation sites excluding steroid dienone is 2. The van der Waals surface area contributed by atoms with E-state index >= 15 is 0 Å². The van der Waals surface area contributed by atoms with E-state index in [2.05, 4.69) is 15.2 Å². The van der Waals surface area contributed by atoms with Gasteiger partial charge in [0.25, 0.3) is 5.56 Å². The maximum absolute atomic E-state index is 13.6. The van der Waals surface area contributed by atoms with E-state index in [1.165, 1.54) is 13.5 Å². The third-order valence-corrected chi connectivity index (χ3v) is 6.95. The van der Waals surface area contributed by atoms with Gasteiger partial charge >= 0.3 is 0 Å². The summed E-state index contributed by atoms with van der Waals surface area (Å²) in [6.45, 7) is 1.72. The van der Waals surface area contributed by atoms with Crippen molar-refractivity contribution < 1.29 is 19.0 Å². The standard InChI is InChI=1S/C25H30N4O5/c1-32-17-11-10-14(21(33-2)22(17)34-3)18-19-15(8-7-9-16(19)30)26-23-20(18)24(31)28-25(27-23)29-12-5-4-6-13-29/h10-11,18H,4-9,12-13H2,1-3H3,(H2,26,27,28,31)/t18-/m1/s1. The number of fused-ring (bicyclic) bond motifs is 1. The maximum Gasteiger partial charge on any atom is 0.258 e. The van der Waals surface area contributed by atoms with E-state index in [4.69, 9.17) is 19.2 Å². The first-order valence-electron chi connectivity index (χ1n) is 11.8. The Morgan fingerprint density at radius 1 is 0.941 bits per heavy atom. The number of aromatic amines is 1. The SMILES string of the molecule is COc1ccc([C@@H]2C3=C(CCCC3=O)Nc3nc(N4CCCCC4)[nH]c(=O)c32)c(OC)c1OC. The van der Waals surface area contributed by atoms with Gasteiger partial charge in [-0.1, -0.05) is 6.07 Å². The number of piperidine rings is 1. The number of ketones is 1. The summed E-state index contributed by atoms with van der Waals surface area (Å²) in [6, 6.07) is 3.61. The van der Waals surface area contributed by atoms with Gasteiger partial charge in [-0.2, -0.15) is 4.98 Å². The van der Waals surface area contributed by atoms with E-state index in [9.17, 15) is 9.59 Å². The third kappa shape index (κ3) is 3.59. The highest BCUT2D eigenvalue weighted by Gasteiger charge is 2.40. The molecular formula is C25H30N4O5. The summed E-state index contributed by atoms with van der Waals surface area (Å²) in [5.74, 6) is 1.83. The molecule has 0 amide bonds. The molecule has 0 bridgehead atoms. The van der Waals surface area contributed by atoms with Crippen LogP contribution in [0.25, 0.3) is 0 Å². The quantitative estimate of drug-likeness (QED) is 0.691. The first-order valence-corrected chi connectivity index (χ1v) is 11.8. The van der Waals surface area contributed by atoms with Gasteiger partial charge in [0.15, 0.2) is 17.3 Å². The maximum atomic E-state index is 13.6. The highest BCUT2D eigenvalue weighted by atomic mass is 16.5. The summed E-state index contributed by atoms with van der Waals surface area (Å²) in [7, 11) is 4.64. The molecule has 9 heteroatoms. The number of H-pyrrole nitrogens is 1. The second kappa shape index (κ2) is 9.04. The van der Waals surface area contributed by atoms with Gasteiger partial charge in [-0.15, -0.1) is 0 Å². The molecule has 1 aliphatic carbocycles. The fourth-order valence-electron chi connectivity index (χ4n) is 5.37. The zero-order chi connectivity index (χ0) is 23.8. The summed E-state index contributed by atoms with van der Waals surface area (Å²) in [5.41, 5.74) is 2.25. The lowest BCUT2D eigenvalue weighted by atomic mass is 9.76. The molecule has 180 valence electrons. The van der Waals surface area contributed by atoms with Crippen molar-refractivity contribution in [3.8, 4) is 17.2 Å². The van der Waals surface area contributed by atoms with Gasteiger partial charge < -0.3 is 24.4 Å². The van der Waals surface area contributed by atoms with Crippen LogP contribution >= 0.6 is 0 Å². The van der Waals surface area contributed by atoms with Crippen molar-refractivity contribution >= 4 is 17.5 Å². The third-order valence-electron chi connectivity index (χ3n) is 6.95. The highest BCUT2D eigenvalue weighted by Crippen LogP contribution is 2.50. The van der Waals surface area contributed by atoms with Gasteiger partial charge in [0.2, 0.25) is 11.7 Å². The zero-order valence-corrected chi connectivity index (χ0v) is 19.8. The summed E-state index contributed by atoms with van der Waals surface area (Å²) in [5, 5.41) is 3.34. The molecule has 0 unspecified atom stereocenters. The number of hydrogen-bond acceptors (Lipinski definition) is 8. The van der Waals surface area contributed by atoms with Crippen molar-refractivity contribution in [3.63, 3.8) is 0 Å². The number of rotatable bonds is 5. The lowest BCUT2D eigenvalue weighted by Gasteiger charge is -2.34. The first-order chi connectivity index (χ1) is 16.6. The van der Waals surface area contributed by atoms with Gasteiger partial charge in [-0.25, -0.2) is 0 Å². The number of carbonyl (C=O) groups excluding carboxylic acids is 1. The molecule has 0 spiro atoms. The number of aromatic nitrogens is 2. The van der Waals surface area contributed by atoms with Gasteiger partial charge in [-0.05, 0) is 38.2 Å². The summed E-state index contributed by atoms with van der Waals surface area (Å²) in [6.07, 6.45) is 5.26. The molecule has 0 saturated carbocycles. The Morgan fingerprint density at radius 2 is 1.71 bits per heavy atom. The van der Waals surface area contributed by atoms with Crippen LogP contribution in [0.15, 0.2) is 28.2 Å². The summed E-state index contributed by atoms with van der Waals surface area (Å²) >= 11 is 0. The molecule has 3 aliphatic rings. The van der Waals surface area contributed by atoms with Crippen LogP contribution in [0.2, 0.25) is 0 Å². The predicted octanol–water partition coefficient (Wildman–Crippen LogP) is 3.35. The number of nitrogens with one attached hydrogen (secondary N) is 2. The van der Waals surface area contributed by atoms with Crippen molar-refractivity contribution in [2.75, 3.05) is 44.6 Å². The smallest absolute Gasteiger partial charge is 0.258 e. The van der Waals surface area contributed by atoms with Crippen molar-refractivity contribution in [2.45, 2.75) is 44.4 Å². The minimum absolute atomic E-state index is 0.0285. The van der Waals surface area contributed by atoms with E-state index in [-0.39, 0.29) is 11.3 Å². The molecule has 1 atom stereocenters. The molecular weight excluding hydrogens is 436 g/mol. The molecule has 9 nitrogen and oxygen atoms in total. The van der Waals surface area contributed by atoms with Crippen LogP contribution in [-0.2, 0) is 4.79 Å². The molecule has 0 radical (unpaired) electrons. The Labute approximate surface area is 198 Å². The average molecular weight is 467 g/mol. The second-order valence-corrected chi connectivity index (χ2v) is 8.85. The number of nitrogens with zero attached hydrogens (tertiary/aromatic N) is 2. The molecule has 3 heterocycles. The lowest BCUT2D eigenvalue weighted by molar-refractivity contribution is -0.116. The molecule has 1 aromatic carbocycles. The van der Waals surface area contributed by atoms with Gasteiger partial charge in [0.1, 0.15) is 5.82 Å². The number of hydrogen-bond donors (Lipinski definition) is 2. The number of carbonyl (C=O) groups is 1. The zero-order valence-electron chi connectivity index (χ0n) is 19.8. The number of methoxy groups -OCH3 is 3. The minimum Gasteiger partial charge on any atom is -0.493 e. The van der Waals surface area contributed by atoms with E-state index in [1.54, 1.807) is 20.3 Å². The molecule has 5 rings (SSSR count). The Morgan fingerprint density at radius 3 is 2.41 bits per heavy atom. The van der Waals surface area contributed by atoms with Gasteiger partial charge in [-0.3, -0.25) is 14.6 Å². The van der Waals surface area contributed by atoms with Crippen LogP contribution in [-0.4, -0.2) is 50.2 Å². The highest BCUT2D eigenvalue weighted by molar-refractivity contribution is 6.01. The number of ether oxygens (including phenoxy) is 3. The van der Waals surface area contributed by atoms with Gasteiger partial charge in [0.05, 0.1) is 32.8 Å². The molecule has 1 saturated heterocycles. The van der Waals surface area contributed by atoms with E-state index < -0.39 is 5.92 Å². The van der Waals surface area contributed by atoms with Crippen molar-refractivity contribution in [1.82, 2.24) is 9.97 Å². The van der Waals surface area contributed by atoms with Gasteiger partial charge in [0, 0.05) is 36.3 Å².